The van der Waals surface area contributed by atoms with Gasteiger partial charge in [-0.05, 0) is 68.1 Å². The molecule has 1 fully saturated rings. The van der Waals surface area contributed by atoms with Crippen molar-refractivity contribution in [3.63, 3.8) is 0 Å². The second-order valence-electron chi connectivity index (χ2n) is 9.12. The minimum Gasteiger partial charge on any atom is -0.299 e. The van der Waals surface area contributed by atoms with Crippen LogP contribution in [-0.2, 0) is 11.2 Å². The number of hydrogen-bond acceptors (Lipinski definition) is 4. The Morgan fingerprint density at radius 2 is 1.91 bits per heavy atom. The first-order chi connectivity index (χ1) is 15.4. The second-order valence-corrected chi connectivity index (χ2v) is 9.12. The number of aromatic nitrogens is 4. The van der Waals surface area contributed by atoms with Crippen molar-refractivity contribution in [2.45, 2.75) is 63.5 Å². The lowest BCUT2D eigenvalue weighted by atomic mass is 9.74. The lowest BCUT2D eigenvalue weighted by molar-refractivity contribution is -0.184. The van der Waals surface area contributed by atoms with Crippen LogP contribution in [0.2, 0.25) is 0 Å². The maximum atomic E-state index is 12.9. The largest absolute Gasteiger partial charge is 0.391 e. The van der Waals surface area contributed by atoms with Crippen molar-refractivity contribution in [2.75, 3.05) is 0 Å². The average molecular weight is 442 g/mol. The molecular weight excluding hydrogens is 417 g/mol. The van der Waals surface area contributed by atoms with Gasteiger partial charge in [0.25, 0.3) is 0 Å². The summed E-state index contributed by atoms with van der Waals surface area (Å²) in [5.41, 5.74) is 4.93. The molecule has 168 valence electrons. The Bertz CT molecular complexity index is 1130. The Kier molecular flexibility index (Phi) is 5.47. The van der Waals surface area contributed by atoms with Crippen LogP contribution in [0.3, 0.4) is 0 Å². The number of ketones is 1. The number of H-pyrrole nitrogens is 1. The molecule has 5 rings (SSSR count). The zero-order valence-corrected chi connectivity index (χ0v) is 17.7. The van der Waals surface area contributed by atoms with Crippen LogP contribution in [0.1, 0.15) is 62.0 Å². The first-order valence-corrected chi connectivity index (χ1v) is 11.3. The normalized spacial score (nSPS) is 23.8. The predicted octanol–water partition coefficient (Wildman–Crippen LogP) is 5.77. The zero-order valence-electron chi connectivity index (χ0n) is 17.7. The summed E-state index contributed by atoms with van der Waals surface area (Å²) in [6.07, 6.45) is 3.28. The third-order valence-electron chi connectivity index (χ3n) is 7.20. The number of nitrogens with one attached hydrogen (secondary N) is 1. The number of halogens is 3. The topological polar surface area (TPSA) is 71.5 Å². The standard InChI is InChI=1S/C24H25F3N4O/c25-24(26,27)18-7-4-14(5-8-18)21(32)11-16-3-1-2-15-10-17(6-9-19(15)16)22-20-12-30-31-23(20)29-13-28-22/h6,9-10,12-14,16,18H,1-5,7-8,11H2,(H,28,29,30,31)/t14?,16-,18?/m0/s1. The van der Waals surface area contributed by atoms with Crippen LogP contribution in [0.15, 0.2) is 30.7 Å². The van der Waals surface area contributed by atoms with Gasteiger partial charge < -0.3 is 0 Å². The highest BCUT2D eigenvalue weighted by atomic mass is 19.4. The van der Waals surface area contributed by atoms with Gasteiger partial charge in [-0.25, -0.2) is 9.97 Å². The Morgan fingerprint density at radius 3 is 2.69 bits per heavy atom. The lowest BCUT2D eigenvalue weighted by Gasteiger charge is -2.31. The van der Waals surface area contributed by atoms with Crippen molar-refractivity contribution in [3.8, 4) is 11.3 Å². The molecule has 5 nitrogen and oxygen atoms in total. The molecule has 1 atom stereocenters. The third kappa shape index (κ3) is 4.02. The number of nitrogens with zero attached hydrogens (tertiary/aromatic N) is 3. The SMILES string of the molecule is O=C(C[C@@H]1CCCc2cc(-c3ncnc4[nH]ncc34)ccc21)C1CCC(C(F)(F)F)CC1. The molecule has 0 aliphatic heterocycles. The molecule has 2 heterocycles. The highest BCUT2D eigenvalue weighted by Crippen LogP contribution is 2.42. The number of carbonyl (C=O) groups is 1. The Labute approximate surface area is 183 Å². The van der Waals surface area contributed by atoms with Crippen molar-refractivity contribution >= 4 is 16.8 Å². The molecule has 2 aliphatic rings. The van der Waals surface area contributed by atoms with E-state index in [4.69, 9.17) is 0 Å². The molecule has 0 radical (unpaired) electrons. The number of fused-ring (bicyclic) bond motifs is 2. The van der Waals surface area contributed by atoms with Gasteiger partial charge in [0, 0.05) is 17.9 Å². The van der Waals surface area contributed by atoms with Gasteiger partial charge in [-0.15, -0.1) is 0 Å². The average Bonchev–Trinajstić information content (AvgIpc) is 3.27. The van der Waals surface area contributed by atoms with E-state index in [1.165, 1.54) is 17.5 Å². The molecule has 0 unspecified atom stereocenters. The van der Waals surface area contributed by atoms with E-state index >= 15 is 0 Å². The van der Waals surface area contributed by atoms with E-state index in [9.17, 15) is 18.0 Å². The number of aryl methyl sites for hydroxylation is 1. The minimum absolute atomic E-state index is 0.0753. The van der Waals surface area contributed by atoms with Gasteiger partial charge in [0.05, 0.1) is 23.2 Å². The Balaban J connectivity index is 1.31. The van der Waals surface area contributed by atoms with Gasteiger partial charge in [0.15, 0.2) is 5.65 Å². The molecule has 0 saturated heterocycles. The summed E-state index contributed by atoms with van der Waals surface area (Å²) in [4.78, 5) is 21.6. The minimum atomic E-state index is -4.14. The van der Waals surface area contributed by atoms with Crippen molar-refractivity contribution in [3.05, 3.63) is 41.9 Å². The van der Waals surface area contributed by atoms with Crippen LogP contribution in [-0.4, -0.2) is 32.1 Å². The molecule has 0 bridgehead atoms. The number of alkyl halides is 3. The van der Waals surface area contributed by atoms with Crippen molar-refractivity contribution in [1.29, 1.82) is 0 Å². The maximum Gasteiger partial charge on any atom is 0.391 e. The summed E-state index contributed by atoms with van der Waals surface area (Å²) in [5, 5.41) is 7.78. The van der Waals surface area contributed by atoms with Crippen molar-refractivity contribution in [1.82, 2.24) is 20.2 Å². The molecule has 32 heavy (non-hydrogen) atoms. The summed E-state index contributed by atoms with van der Waals surface area (Å²) in [6, 6.07) is 6.27. The molecule has 3 aromatic rings. The molecule has 1 N–H and O–H groups in total. The number of hydrogen-bond donors (Lipinski definition) is 1. The molecule has 1 aromatic carbocycles. The Hall–Kier alpha value is -2.77. The van der Waals surface area contributed by atoms with Crippen LogP contribution in [0.5, 0.6) is 0 Å². The predicted molar refractivity (Wildman–Crippen MR) is 114 cm³/mol. The fourth-order valence-electron chi connectivity index (χ4n) is 5.42. The highest BCUT2D eigenvalue weighted by Gasteiger charge is 2.42. The zero-order chi connectivity index (χ0) is 22.3. The van der Waals surface area contributed by atoms with Crippen LogP contribution >= 0.6 is 0 Å². The van der Waals surface area contributed by atoms with E-state index in [-0.39, 0.29) is 30.5 Å². The first kappa shape index (κ1) is 21.1. The molecule has 2 aliphatic carbocycles. The van der Waals surface area contributed by atoms with Gasteiger partial charge in [-0.3, -0.25) is 9.89 Å². The van der Waals surface area contributed by atoms with E-state index in [0.29, 0.717) is 24.9 Å². The lowest BCUT2D eigenvalue weighted by Crippen LogP contribution is -2.31. The first-order valence-electron chi connectivity index (χ1n) is 11.3. The Morgan fingerprint density at radius 1 is 1.09 bits per heavy atom. The van der Waals surface area contributed by atoms with Gasteiger partial charge in [-0.2, -0.15) is 18.3 Å². The molecule has 1 saturated carbocycles. The number of benzene rings is 1. The van der Waals surface area contributed by atoms with E-state index in [0.717, 1.165) is 35.9 Å². The van der Waals surface area contributed by atoms with Gasteiger partial charge in [-0.1, -0.05) is 12.1 Å². The van der Waals surface area contributed by atoms with Gasteiger partial charge >= 0.3 is 6.18 Å². The van der Waals surface area contributed by atoms with Crippen LogP contribution in [0, 0.1) is 11.8 Å². The van der Waals surface area contributed by atoms with Crippen LogP contribution in [0.25, 0.3) is 22.3 Å². The number of carbonyl (C=O) groups excluding carboxylic acids is 1. The third-order valence-corrected chi connectivity index (χ3v) is 7.20. The van der Waals surface area contributed by atoms with E-state index in [1.54, 1.807) is 6.20 Å². The number of Topliss-reactive ketones (excluding diaryl/α,β-unsaturated/α-hetero) is 1. The monoisotopic (exact) mass is 442 g/mol. The number of aromatic amines is 1. The molecule has 2 aromatic heterocycles. The molecular formula is C24H25F3N4O. The smallest absolute Gasteiger partial charge is 0.299 e. The molecule has 8 heteroatoms. The quantitative estimate of drug-likeness (QED) is 0.557. The van der Waals surface area contributed by atoms with Gasteiger partial charge in [0.1, 0.15) is 12.1 Å². The summed E-state index contributed by atoms with van der Waals surface area (Å²) < 4.78 is 38.8. The van der Waals surface area contributed by atoms with Gasteiger partial charge in [0.2, 0.25) is 0 Å². The second kappa shape index (κ2) is 8.30. The van der Waals surface area contributed by atoms with E-state index in [2.05, 4.69) is 32.3 Å². The number of rotatable bonds is 4. The molecule has 0 spiro atoms. The molecule has 0 amide bonds. The fourth-order valence-corrected chi connectivity index (χ4v) is 5.42. The fraction of sp³-hybridized carbons (Fsp3) is 0.500. The summed E-state index contributed by atoms with van der Waals surface area (Å²) in [6.45, 7) is 0. The van der Waals surface area contributed by atoms with Crippen LogP contribution in [0.4, 0.5) is 13.2 Å². The van der Waals surface area contributed by atoms with E-state index < -0.39 is 12.1 Å². The maximum absolute atomic E-state index is 12.9. The van der Waals surface area contributed by atoms with Crippen LogP contribution < -0.4 is 0 Å². The summed E-state index contributed by atoms with van der Waals surface area (Å²) in [5.74, 6) is -1.21. The van der Waals surface area contributed by atoms with E-state index in [1.807, 2.05) is 6.07 Å². The van der Waals surface area contributed by atoms with Crippen molar-refractivity contribution in [2.24, 2.45) is 11.8 Å². The highest BCUT2D eigenvalue weighted by molar-refractivity contribution is 5.89. The van der Waals surface area contributed by atoms with Crippen molar-refractivity contribution < 1.29 is 18.0 Å². The summed E-state index contributed by atoms with van der Waals surface area (Å²) >= 11 is 0. The summed E-state index contributed by atoms with van der Waals surface area (Å²) in [7, 11) is 0.